The molecule has 0 amide bonds. The lowest BCUT2D eigenvalue weighted by atomic mass is 10.3. The van der Waals surface area contributed by atoms with Gasteiger partial charge in [-0.05, 0) is 12.5 Å². The maximum Gasteiger partial charge on any atom is 0.139 e. The van der Waals surface area contributed by atoms with Crippen molar-refractivity contribution in [2.24, 2.45) is 0 Å². The van der Waals surface area contributed by atoms with Gasteiger partial charge in [-0.2, -0.15) is 0 Å². The van der Waals surface area contributed by atoms with Gasteiger partial charge in [0.05, 0.1) is 0 Å². The van der Waals surface area contributed by atoms with Crippen LogP contribution in [0.15, 0.2) is 24.5 Å². The van der Waals surface area contributed by atoms with Crippen LogP contribution in [0.3, 0.4) is 0 Å². The number of aromatic nitrogens is 2. The van der Waals surface area contributed by atoms with Crippen LogP contribution in [-0.2, 0) is 6.42 Å². The van der Waals surface area contributed by atoms with Crippen molar-refractivity contribution < 1.29 is 4.39 Å². The molecule has 0 aliphatic heterocycles. The van der Waals surface area contributed by atoms with Crippen LogP contribution in [0.25, 0.3) is 5.65 Å². The van der Waals surface area contributed by atoms with Crippen LogP contribution in [0, 0.1) is 5.82 Å². The van der Waals surface area contributed by atoms with Crippen LogP contribution in [0.5, 0.6) is 0 Å². The lowest BCUT2D eigenvalue weighted by Gasteiger charge is -1.98. The first-order chi connectivity index (χ1) is 6.31. The van der Waals surface area contributed by atoms with Gasteiger partial charge in [0.25, 0.3) is 0 Å². The molecule has 0 aliphatic carbocycles. The zero-order valence-electron chi connectivity index (χ0n) is 7.50. The Morgan fingerprint density at radius 1 is 1.54 bits per heavy atom. The van der Waals surface area contributed by atoms with Crippen LogP contribution >= 0.6 is 0 Å². The molecule has 68 valence electrons. The largest absolute Gasteiger partial charge is 0.304 e. The Hall–Kier alpha value is -1.38. The van der Waals surface area contributed by atoms with E-state index in [0.29, 0.717) is 5.65 Å². The van der Waals surface area contributed by atoms with E-state index in [2.05, 4.69) is 11.9 Å². The molecular weight excluding hydrogens is 167 g/mol. The van der Waals surface area contributed by atoms with Crippen molar-refractivity contribution in [1.29, 1.82) is 0 Å². The first-order valence-corrected chi connectivity index (χ1v) is 4.42. The third-order valence-corrected chi connectivity index (χ3v) is 2.06. The van der Waals surface area contributed by atoms with Crippen molar-refractivity contribution in [2.45, 2.75) is 19.8 Å². The Balaban J connectivity index is 2.55. The summed E-state index contributed by atoms with van der Waals surface area (Å²) in [7, 11) is 0. The highest BCUT2D eigenvalue weighted by molar-refractivity contribution is 5.40. The third kappa shape index (κ3) is 1.41. The van der Waals surface area contributed by atoms with E-state index >= 15 is 0 Å². The highest BCUT2D eigenvalue weighted by atomic mass is 19.1. The van der Waals surface area contributed by atoms with Gasteiger partial charge in [-0.25, -0.2) is 9.37 Å². The van der Waals surface area contributed by atoms with E-state index < -0.39 is 0 Å². The zero-order chi connectivity index (χ0) is 9.26. The SMILES string of the molecule is CCCc1cnc2cc(F)ccn12. The molecule has 13 heavy (non-hydrogen) atoms. The molecule has 0 N–H and O–H groups in total. The molecule has 0 aliphatic rings. The van der Waals surface area contributed by atoms with Gasteiger partial charge in [-0.1, -0.05) is 13.3 Å². The summed E-state index contributed by atoms with van der Waals surface area (Å²) in [4.78, 5) is 4.12. The van der Waals surface area contributed by atoms with Gasteiger partial charge < -0.3 is 4.40 Å². The molecule has 2 rings (SSSR count). The van der Waals surface area contributed by atoms with Gasteiger partial charge in [0.2, 0.25) is 0 Å². The minimum absolute atomic E-state index is 0.235. The third-order valence-electron chi connectivity index (χ3n) is 2.06. The summed E-state index contributed by atoms with van der Waals surface area (Å²) in [6.07, 6.45) is 5.58. The summed E-state index contributed by atoms with van der Waals surface area (Å²) in [6, 6.07) is 2.90. The number of halogens is 1. The normalized spacial score (nSPS) is 10.9. The molecule has 0 radical (unpaired) electrons. The predicted octanol–water partition coefficient (Wildman–Crippen LogP) is 2.43. The number of hydrogen-bond acceptors (Lipinski definition) is 1. The average Bonchev–Trinajstić information content (AvgIpc) is 2.49. The molecule has 2 aromatic heterocycles. The molecule has 0 unspecified atom stereocenters. The van der Waals surface area contributed by atoms with E-state index in [0.717, 1.165) is 18.5 Å². The number of rotatable bonds is 2. The summed E-state index contributed by atoms with van der Waals surface area (Å²) in [6.45, 7) is 2.11. The Labute approximate surface area is 76.0 Å². The van der Waals surface area contributed by atoms with Crippen LogP contribution in [0.1, 0.15) is 19.0 Å². The molecule has 0 bridgehead atoms. The van der Waals surface area contributed by atoms with Gasteiger partial charge in [0.1, 0.15) is 11.5 Å². The molecule has 2 aromatic rings. The molecule has 0 saturated carbocycles. The maximum absolute atomic E-state index is 12.8. The quantitative estimate of drug-likeness (QED) is 0.690. The van der Waals surface area contributed by atoms with Crippen LogP contribution < -0.4 is 0 Å². The fraction of sp³-hybridized carbons (Fsp3) is 0.300. The Morgan fingerprint density at radius 3 is 3.15 bits per heavy atom. The minimum Gasteiger partial charge on any atom is -0.304 e. The van der Waals surface area contributed by atoms with Crippen LogP contribution in [0.2, 0.25) is 0 Å². The van der Waals surface area contributed by atoms with Crippen molar-refractivity contribution in [3.05, 3.63) is 36.0 Å². The van der Waals surface area contributed by atoms with Gasteiger partial charge >= 0.3 is 0 Å². The number of pyridine rings is 1. The van der Waals surface area contributed by atoms with Gasteiger partial charge in [0.15, 0.2) is 0 Å². The summed E-state index contributed by atoms with van der Waals surface area (Å²) in [5.41, 5.74) is 1.82. The van der Waals surface area contributed by atoms with E-state index in [-0.39, 0.29) is 5.82 Å². The van der Waals surface area contributed by atoms with Gasteiger partial charge in [0, 0.05) is 24.2 Å². The summed E-state index contributed by atoms with van der Waals surface area (Å²) >= 11 is 0. The molecule has 2 heterocycles. The summed E-state index contributed by atoms with van der Waals surface area (Å²) in [5, 5.41) is 0. The average molecular weight is 178 g/mol. The molecule has 0 saturated heterocycles. The van der Waals surface area contributed by atoms with E-state index in [4.69, 9.17) is 0 Å². The number of nitrogens with zero attached hydrogens (tertiary/aromatic N) is 2. The molecule has 3 heteroatoms. The van der Waals surface area contributed by atoms with Gasteiger partial charge in [-0.3, -0.25) is 0 Å². The monoisotopic (exact) mass is 178 g/mol. The van der Waals surface area contributed by atoms with E-state index in [9.17, 15) is 4.39 Å². The second kappa shape index (κ2) is 3.17. The number of imidazole rings is 1. The van der Waals surface area contributed by atoms with E-state index in [1.807, 2.05) is 4.40 Å². The van der Waals surface area contributed by atoms with Crippen LogP contribution in [0.4, 0.5) is 4.39 Å². The molecule has 0 fully saturated rings. The highest BCUT2D eigenvalue weighted by Gasteiger charge is 2.02. The molecule has 0 atom stereocenters. The molecule has 2 nitrogen and oxygen atoms in total. The lowest BCUT2D eigenvalue weighted by molar-refractivity contribution is 0.626. The predicted molar refractivity (Wildman–Crippen MR) is 49.1 cm³/mol. The highest BCUT2D eigenvalue weighted by Crippen LogP contribution is 2.09. The van der Waals surface area contributed by atoms with Crippen molar-refractivity contribution in [3.8, 4) is 0 Å². The molecular formula is C10H11FN2. The standard InChI is InChI=1S/C10H11FN2/c1-2-3-9-7-12-10-6-8(11)4-5-13(9)10/h4-7H,2-3H2,1H3. The van der Waals surface area contributed by atoms with Crippen molar-refractivity contribution >= 4 is 5.65 Å². The fourth-order valence-electron chi connectivity index (χ4n) is 1.45. The number of aryl methyl sites for hydroxylation is 1. The van der Waals surface area contributed by atoms with Crippen molar-refractivity contribution in [2.75, 3.05) is 0 Å². The Kier molecular flexibility index (Phi) is 2.00. The van der Waals surface area contributed by atoms with E-state index in [1.165, 1.54) is 12.1 Å². The second-order valence-corrected chi connectivity index (χ2v) is 3.07. The van der Waals surface area contributed by atoms with Crippen molar-refractivity contribution in [1.82, 2.24) is 9.38 Å². The topological polar surface area (TPSA) is 17.3 Å². The van der Waals surface area contributed by atoms with Crippen LogP contribution in [-0.4, -0.2) is 9.38 Å². The number of hydrogen-bond donors (Lipinski definition) is 0. The Bertz CT molecular complexity index is 420. The van der Waals surface area contributed by atoms with E-state index in [1.54, 1.807) is 12.4 Å². The fourth-order valence-corrected chi connectivity index (χ4v) is 1.45. The molecule has 0 aromatic carbocycles. The number of fused-ring (bicyclic) bond motifs is 1. The Morgan fingerprint density at radius 2 is 2.38 bits per heavy atom. The smallest absolute Gasteiger partial charge is 0.139 e. The molecule has 0 spiro atoms. The first-order valence-electron chi connectivity index (χ1n) is 4.42. The maximum atomic E-state index is 12.8. The summed E-state index contributed by atoms with van der Waals surface area (Å²) < 4.78 is 14.7. The van der Waals surface area contributed by atoms with Gasteiger partial charge in [-0.15, -0.1) is 0 Å². The van der Waals surface area contributed by atoms with Crippen molar-refractivity contribution in [3.63, 3.8) is 0 Å². The minimum atomic E-state index is -0.235. The second-order valence-electron chi connectivity index (χ2n) is 3.07. The summed E-state index contributed by atoms with van der Waals surface area (Å²) in [5.74, 6) is -0.235. The first kappa shape index (κ1) is 8.23. The lowest BCUT2D eigenvalue weighted by Crippen LogP contribution is -1.91. The zero-order valence-corrected chi connectivity index (χ0v) is 7.50.